The van der Waals surface area contributed by atoms with Crippen LogP contribution in [0.25, 0.3) is 21.8 Å². The molecule has 0 fully saturated rings. The quantitative estimate of drug-likeness (QED) is 0.518. The molecule has 2 aliphatic rings. The average molecular weight is 408 g/mol. The lowest BCUT2D eigenvalue weighted by molar-refractivity contribution is -0.139. The van der Waals surface area contributed by atoms with Crippen LogP contribution in [-0.4, -0.2) is 32.8 Å². The van der Waals surface area contributed by atoms with Crippen molar-refractivity contribution in [2.75, 3.05) is 11.9 Å². The normalized spacial score (nSPS) is 17.8. The van der Waals surface area contributed by atoms with Crippen molar-refractivity contribution in [3.63, 3.8) is 0 Å². The highest BCUT2D eigenvalue weighted by molar-refractivity contribution is 6.11. The van der Waals surface area contributed by atoms with Crippen LogP contribution >= 0.6 is 0 Å². The molecule has 0 bridgehead atoms. The number of nitrogens with zero attached hydrogens (tertiary/aromatic N) is 3. The number of benzene rings is 2. The fourth-order valence-corrected chi connectivity index (χ4v) is 5.05. The minimum Gasteiger partial charge on any atom is -0.356 e. The smallest absolute Gasteiger partial charge is 0.259 e. The molecule has 0 aliphatic carbocycles. The Morgan fingerprint density at radius 2 is 1.90 bits per heavy atom. The standard InChI is InChI=1S/C25H20N4O2/c1-14(30)29-13-19-23(25(29)31)21(16-8-3-6-15-7-5-11-26-24(15)16)17-12-28(2)20-10-4-9-18(27-19)22(17)20/h3-12,21,27H,13H2,1-2H3/t21-/m1/s1. The van der Waals surface area contributed by atoms with Gasteiger partial charge in [0.25, 0.3) is 5.91 Å². The number of hydrogen-bond donors (Lipinski definition) is 1. The molecule has 0 saturated heterocycles. The Morgan fingerprint density at radius 1 is 1.10 bits per heavy atom. The van der Waals surface area contributed by atoms with Crippen molar-refractivity contribution in [3.05, 3.63) is 83.3 Å². The highest BCUT2D eigenvalue weighted by Gasteiger charge is 2.42. The third-order valence-corrected chi connectivity index (χ3v) is 6.40. The van der Waals surface area contributed by atoms with Crippen molar-refractivity contribution in [3.8, 4) is 0 Å². The largest absolute Gasteiger partial charge is 0.356 e. The van der Waals surface area contributed by atoms with Crippen LogP contribution in [0.3, 0.4) is 0 Å². The second-order valence-electron chi connectivity index (χ2n) is 8.18. The van der Waals surface area contributed by atoms with E-state index in [1.54, 1.807) is 6.20 Å². The Hall–Kier alpha value is -3.93. The number of carbonyl (C=O) groups excluding carboxylic acids is 2. The molecule has 1 atom stereocenters. The third-order valence-electron chi connectivity index (χ3n) is 6.40. The molecule has 0 unspecified atom stereocenters. The number of fused-ring (bicyclic) bond motifs is 1. The summed E-state index contributed by atoms with van der Waals surface area (Å²) in [5, 5.41) is 5.61. The van der Waals surface area contributed by atoms with Gasteiger partial charge in [0.05, 0.1) is 23.2 Å². The van der Waals surface area contributed by atoms with Crippen molar-refractivity contribution >= 4 is 39.3 Å². The highest BCUT2D eigenvalue weighted by atomic mass is 16.2. The van der Waals surface area contributed by atoms with E-state index in [0.717, 1.165) is 44.3 Å². The van der Waals surface area contributed by atoms with Gasteiger partial charge in [-0.25, -0.2) is 0 Å². The van der Waals surface area contributed by atoms with E-state index < -0.39 is 0 Å². The fraction of sp³-hybridized carbons (Fsp3) is 0.160. The van der Waals surface area contributed by atoms with Gasteiger partial charge in [0.2, 0.25) is 5.91 Å². The number of imide groups is 1. The number of amides is 2. The number of aromatic nitrogens is 2. The summed E-state index contributed by atoms with van der Waals surface area (Å²) in [7, 11) is 2.02. The van der Waals surface area contributed by atoms with Crippen molar-refractivity contribution in [1.29, 1.82) is 0 Å². The van der Waals surface area contributed by atoms with Crippen LogP contribution in [0.5, 0.6) is 0 Å². The number of nitrogens with one attached hydrogen (secondary N) is 1. The topological polar surface area (TPSA) is 67.2 Å². The molecule has 6 heteroatoms. The van der Waals surface area contributed by atoms with Gasteiger partial charge in [-0.05, 0) is 29.3 Å². The Bertz CT molecular complexity index is 1460. The maximum atomic E-state index is 13.5. The molecule has 4 aromatic rings. The van der Waals surface area contributed by atoms with Crippen LogP contribution in [0.1, 0.15) is 24.0 Å². The maximum Gasteiger partial charge on any atom is 0.259 e. The zero-order chi connectivity index (χ0) is 21.3. The SMILES string of the molecule is CC(=O)N1CC2=C(C1=O)[C@H](c1cccc3cccnc13)c1cn(C)c3cccc(c13)N2. The van der Waals surface area contributed by atoms with Gasteiger partial charge in [-0.15, -0.1) is 0 Å². The van der Waals surface area contributed by atoms with E-state index in [0.29, 0.717) is 5.57 Å². The molecule has 2 aromatic carbocycles. The molecule has 0 saturated carbocycles. The van der Waals surface area contributed by atoms with E-state index in [4.69, 9.17) is 0 Å². The molecule has 6 nitrogen and oxygen atoms in total. The molecule has 2 aliphatic heterocycles. The van der Waals surface area contributed by atoms with E-state index in [1.165, 1.54) is 11.8 Å². The lowest BCUT2D eigenvalue weighted by Crippen LogP contribution is -2.33. The molecule has 2 amide bonds. The van der Waals surface area contributed by atoms with Crippen LogP contribution in [0.2, 0.25) is 0 Å². The molecule has 2 aromatic heterocycles. The summed E-state index contributed by atoms with van der Waals surface area (Å²) in [5.74, 6) is -0.816. The van der Waals surface area contributed by atoms with E-state index in [2.05, 4.69) is 27.1 Å². The predicted octanol–water partition coefficient (Wildman–Crippen LogP) is 3.93. The first kappa shape index (κ1) is 17.9. The van der Waals surface area contributed by atoms with Gasteiger partial charge in [-0.2, -0.15) is 0 Å². The summed E-state index contributed by atoms with van der Waals surface area (Å²) in [6.45, 7) is 1.69. The first-order chi connectivity index (χ1) is 15.0. The lowest BCUT2D eigenvalue weighted by atomic mass is 9.83. The number of para-hydroxylation sites is 1. The van der Waals surface area contributed by atoms with Gasteiger partial charge in [-0.3, -0.25) is 19.5 Å². The summed E-state index contributed by atoms with van der Waals surface area (Å²) >= 11 is 0. The molecule has 1 N–H and O–H groups in total. The van der Waals surface area contributed by atoms with E-state index in [1.807, 2.05) is 49.5 Å². The third kappa shape index (κ3) is 2.42. The molecular weight excluding hydrogens is 388 g/mol. The van der Waals surface area contributed by atoms with E-state index in [-0.39, 0.29) is 24.3 Å². The second kappa shape index (κ2) is 6.28. The van der Waals surface area contributed by atoms with Crippen LogP contribution < -0.4 is 5.32 Å². The molecular formula is C25H20N4O2. The van der Waals surface area contributed by atoms with Crippen LogP contribution in [0, 0.1) is 0 Å². The molecule has 0 radical (unpaired) electrons. The van der Waals surface area contributed by atoms with Gasteiger partial charge in [0.15, 0.2) is 0 Å². The summed E-state index contributed by atoms with van der Waals surface area (Å²) in [4.78, 5) is 31.7. The summed E-state index contributed by atoms with van der Waals surface area (Å²) in [5.41, 5.74) is 6.33. The summed E-state index contributed by atoms with van der Waals surface area (Å²) in [6, 6.07) is 16.1. The molecule has 4 heterocycles. The number of carbonyl (C=O) groups is 2. The van der Waals surface area contributed by atoms with Gasteiger partial charge in [0, 0.05) is 54.4 Å². The average Bonchev–Trinajstić information content (AvgIpc) is 3.22. The zero-order valence-electron chi connectivity index (χ0n) is 17.2. The van der Waals surface area contributed by atoms with Gasteiger partial charge in [-0.1, -0.05) is 30.3 Å². The van der Waals surface area contributed by atoms with Crippen LogP contribution in [0.15, 0.2) is 72.2 Å². The summed E-state index contributed by atoms with van der Waals surface area (Å²) < 4.78 is 2.09. The van der Waals surface area contributed by atoms with Crippen molar-refractivity contribution in [2.24, 2.45) is 7.05 Å². The number of anilines is 1. The second-order valence-corrected chi connectivity index (χ2v) is 8.18. The summed E-state index contributed by atoms with van der Waals surface area (Å²) in [6.07, 6.45) is 3.88. The Morgan fingerprint density at radius 3 is 2.74 bits per heavy atom. The predicted molar refractivity (Wildman–Crippen MR) is 120 cm³/mol. The first-order valence-corrected chi connectivity index (χ1v) is 10.3. The Kier molecular flexibility index (Phi) is 3.63. The number of pyridine rings is 1. The van der Waals surface area contributed by atoms with Crippen molar-refractivity contribution in [1.82, 2.24) is 14.5 Å². The number of aryl methyl sites for hydroxylation is 1. The number of hydrogen-bond acceptors (Lipinski definition) is 4. The van der Waals surface area contributed by atoms with Crippen LogP contribution in [-0.2, 0) is 16.6 Å². The Labute approximate surface area is 178 Å². The monoisotopic (exact) mass is 408 g/mol. The highest BCUT2D eigenvalue weighted by Crippen LogP contribution is 2.47. The van der Waals surface area contributed by atoms with Gasteiger partial charge < -0.3 is 9.88 Å². The molecule has 0 spiro atoms. The van der Waals surface area contributed by atoms with E-state index in [9.17, 15) is 9.59 Å². The molecule has 152 valence electrons. The van der Waals surface area contributed by atoms with Gasteiger partial charge >= 0.3 is 0 Å². The molecule has 6 rings (SSSR count). The fourth-order valence-electron chi connectivity index (χ4n) is 5.05. The minimum absolute atomic E-state index is 0.238. The molecule has 31 heavy (non-hydrogen) atoms. The van der Waals surface area contributed by atoms with E-state index >= 15 is 0 Å². The zero-order valence-corrected chi connectivity index (χ0v) is 17.2. The van der Waals surface area contributed by atoms with Crippen molar-refractivity contribution in [2.45, 2.75) is 12.8 Å². The maximum absolute atomic E-state index is 13.5. The van der Waals surface area contributed by atoms with Crippen LogP contribution in [0.4, 0.5) is 5.69 Å². The lowest BCUT2D eigenvalue weighted by Gasteiger charge is -2.20. The first-order valence-electron chi connectivity index (χ1n) is 10.3. The Balaban J connectivity index is 1.71. The minimum atomic E-state index is -0.328. The van der Waals surface area contributed by atoms with Gasteiger partial charge in [0.1, 0.15) is 0 Å². The number of rotatable bonds is 1. The van der Waals surface area contributed by atoms with Crippen molar-refractivity contribution < 1.29 is 9.59 Å².